The van der Waals surface area contributed by atoms with Gasteiger partial charge in [0.05, 0.1) is 5.02 Å². The number of hydrogen-bond acceptors (Lipinski definition) is 6. The molecule has 0 atom stereocenters. The summed E-state index contributed by atoms with van der Waals surface area (Å²) in [5, 5.41) is 6.04. The van der Waals surface area contributed by atoms with Crippen molar-refractivity contribution < 1.29 is 14.3 Å². The first-order valence-corrected chi connectivity index (χ1v) is 12.3. The smallest absolute Gasteiger partial charge is 0.271 e. The second-order valence-electron chi connectivity index (χ2n) is 8.02. The number of rotatable bonds is 9. The zero-order valence-electron chi connectivity index (χ0n) is 18.6. The predicted molar refractivity (Wildman–Crippen MR) is 132 cm³/mol. The molecule has 174 valence electrons. The Morgan fingerprint density at radius 3 is 2.88 bits per heavy atom. The van der Waals surface area contributed by atoms with E-state index in [-0.39, 0.29) is 5.91 Å². The maximum Gasteiger partial charge on any atom is 0.271 e. The minimum atomic E-state index is -0.214. The lowest BCUT2D eigenvalue weighted by atomic mass is 10.1. The standard InChI is InChI=1S/C25H28ClN3O3S/c1-29(19-9-12-31-13-10-19)11-14-32-20-6-4-5-18(15-20)16-27-24(30)23-17-33-25(28-23)21-7-2-3-8-22(21)26/h2-8,15,17,19H,9-14,16H2,1H3,(H,27,30). The van der Waals surface area contributed by atoms with Crippen LogP contribution in [-0.2, 0) is 11.3 Å². The number of benzene rings is 2. The number of nitrogens with zero attached hydrogens (tertiary/aromatic N) is 2. The number of carbonyl (C=O) groups excluding carboxylic acids is 1. The van der Waals surface area contributed by atoms with Crippen LogP contribution >= 0.6 is 22.9 Å². The van der Waals surface area contributed by atoms with E-state index in [1.807, 2.05) is 48.5 Å². The van der Waals surface area contributed by atoms with Crippen LogP contribution in [-0.4, -0.2) is 55.2 Å². The van der Waals surface area contributed by atoms with Crippen molar-refractivity contribution in [1.29, 1.82) is 0 Å². The quantitative estimate of drug-likeness (QED) is 0.468. The third kappa shape index (κ3) is 6.54. The summed E-state index contributed by atoms with van der Waals surface area (Å²) in [6.07, 6.45) is 2.15. The Balaban J connectivity index is 1.26. The van der Waals surface area contributed by atoms with E-state index in [2.05, 4.69) is 22.2 Å². The average molecular weight is 486 g/mol. The van der Waals surface area contributed by atoms with Gasteiger partial charge in [0, 0.05) is 43.3 Å². The van der Waals surface area contributed by atoms with E-state index in [1.54, 1.807) is 5.38 Å². The zero-order valence-corrected chi connectivity index (χ0v) is 20.2. The van der Waals surface area contributed by atoms with Crippen molar-refractivity contribution in [2.75, 3.05) is 33.4 Å². The second-order valence-corrected chi connectivity index (χ2v) is 9.29. The minimum Gasteiger partial charge on any atom is -0.492 e. The van der Waals surface area contributed by atoms with Gasteiger partial charge in [-0.25, -0.2) is 4.98 Å². The van der Waals surface area contributed by atoms with Crippen molar-refractivity contribution in [3.63, 3.8) is 0 Å². The summed E-state index contributed by atoms with van der Waals surface area (Å²) in [7, 11) is 2.14. The lowest BCUT2D eigenvalue weighted by Crippen LogP contribution is -2.38. The highest BCUT2D eigenvalue weighted by Crippen LogP contribution is 2.30. The first-order chi connectivity index (χ1) is 16.1. The van der Waals surface area contributed by atoms with Crippen LogP contribution in [0.25, 0.3) is 10.6 Å². The molecule has 3 aromatic rings. The highest BCUT2D eigenvalue weighted by Gasteiger charge is 2.18. The molecule has 8 heteroatoms. The van der Waals surface area contributed by atoms with E-state index in [1.165, 1.54) is 11.3 Å². The molecule has 0 aliphatic carbocycles. The van der Waals surface area contributed by atoms with Gasteiger partial charge in [-0.2, -0.15) is 0 Å². The number of thiazole rings is 1. The summed E-state index contributed by atoms with van der Waals surface area (Å²) >= 11 is 7.65. The number of likely N-dealkylation sites (N-methyl/N-ethyl adjacent to an activating group) is 1. The van der Waals surface area contributed by atoms with Crippen LogP contribution in [0.15, 0.2) is 53.9 Å². The Morgan fingerprint density at radius 2 is 2.06 bits per heavy atom. The molecule has 1 saturated heterocycles. The van der Waals surface area contributed by atoms with Crippen LogP contribution in [0.3, 0.4) is 0 Å². The van der Waals surface area contributed by atoms with Crippen molar-refractivity contribution in [2.24, 2.45) is 0 Å². The molecule has 4 rings (SSSR count). The molecule has 0 radical (unpaired) electrons. The molecule has 1 aliphatic rings. The van der Waals surface area contributed by atoms with Crippen LogP contribution in [0.2, 0.25) is 5.02 Å². The number of aromatic nitrogens is 1. The zero-order chi connectivity index (χ0) is 23.0. The van der Waals surface area contributed by atoms with Crippen molar-refractivity contribution in [3.05, 3.63) is 70.2 Å². The summed E-state index contributed by atoms with van der Waals surface area (Å²) in [6.45, 7) is 3.56. The van der Waals surface area contributed by atoms with Crippen LogP contribution < -0.4 is 10.1 Å². The topological polar surface area (TPSA) is 63.7 Å². The summed E-state index contributed by atoms with van der Waals surface area (Å²) in [5.41, 5.74) is 2.19. The minimum absolute atomic E-state index is 0.214. The van der Waals surface area contributed by atoms with E-state index in [4.69, 9.17) is 21.1 Å². The van der Waals surface area contributed by atoms with E-state index in [9.17, 15) is 4.79 Å². The highest BCUT2D eigenvalue weighted by atomic mass is 35.5. The Morgan fingerprint density at radius 1 is 1.24 bits per heavy atom. The molecular formula is C25H28ClN3O3S. The fourth-order valence-electron chi connectivity index (χ4n) is 3.77. The summed E-state index contributed by atoms with van der Waals surface area (Å²) in [6, 6.07) is 15.9. The largest absolute Gasteiger partial charge is 0.492 e. The molecule has 0 saturated carbocycles. The fourth-order valence-corrected chi connectivity index (χ4v) is 4.89. The van der Waals surface area contributed by atoms with Crippen molar-refractivity contribution >= 4 is 28.8 Å². The number of amides is 1. The SMILES string of the molecule is CN(CCOc1cccc(CNC(=O)c2csc(-c3ccccc3Cl)n2)c1)C1CCOCC1. The van der Waals surface area contributed by atoms with Gasteiger partial charge in [-0.3, -0.25) is 9.69 Å². The highest BCUT2D eigenvalue weighted by molar-refractivity contribution is 7.13. The van der Waals surface area contributed by atoms with Gasteiger partial charge in [-0.15, -0.1) is 11.3 Å². The molecule has 6 nitrogen and oxygen atoms in total. The Kier molecular flexibility index (Phi) is 8.34. The summed E-state index contributed by atoms with van der Waals surface area (Å²) in [4.78, 5) is 19.4. The van der Waals surface area contributed by atoms with Gasteiger partial charge in [0.25, 0.3) is 5.91 Å². The monoisotopic (exact) mass is 485 g/mol. The van der Waals surface area contributed by atoms with Crippen molar-refractivity contribution in [2.45, 2.75) is 25.4 Å². The van der Waals surface area contributed by atoms with E-state index < -0.39 is 0 Å². The molecule has 33 heavy (non-hydrogen) atoms. The normalized spacial score (nSPS) is 14.4. The van der Waals surface area contributed by atoms with Crippen LogP contribution in [0.4, 0.5) is 0 Å². The summed E-state index contributed by atoms with van der Waals surface area (Å²) < 4.78 is 11.4. The van der Waals surface area contributed by atoms with Gasteiger partial charge in [-0.1, -0.05) is 41.9 Å². The van der Waals surface area contributed by atoms with E-state index >= 15 is 0 Å². The molecule has 2 heterocycles. The van der Waals surface area contributed by atoms with Gasteiger partial charge >= 0.3 is 0 Å². The Labute approximate surface area is 203 Å². The second kappa shape index (κ2) is 11.6. The molecule has 1 aromatic heterocycles. The van der Waals surface area contributed by atoms with E-state index in [0.29, 0.717) is 29.9 Å². The van der Waals surface area contributed by atoms with Gasteiger partial charge in [-0.05, 0) is 43.7 Å². The predicted octanol–water partition coefficient (Wildman–Crippen LogP) is 4.88. The van der Waals surface area contributed by atoms with Crippen LogP contribution in [0, 0.1) is 0 Å². The molecule has 2 aromatic carbocycles. The lowest BCUT2D eigenvalue weighted by molar-refractivity contribution is 0.0392. The third-order valence-corrected chi connectivity index (χ3v) is 6.92. The molecule has 1 fully saturated rings. The first kappa shape index (κ1) is 23.7. The van der Waals surface area contributed by atoms with Gasteiger partial charge in [0.2, 0.25) is 0 Å². The van der Waals surface area contributed by atoms with Gasteiger partial charge in [0.1, 0.15) is 23.1 Å². The molecule has 0 unspecified atom stereocenters. The van der Waals surface area contributed by atoms with Gasteiger partial charge in [0.15, 0.2) is 0 Å². The van der Waals surface area contributed by atoms with Crippen molar-refractivity contribution in [3.8, 4) is 16.3 Å². The molecule has 1 amide bonds. The number of nitrogens with one attached hydrogen (secondary N) is 1. The van der Waals surface area contributed by atoms with Crippen LogP contribution in [0.1, 0.15) is 28.9 Å². The third-order valence-electron chi connectivity index (χ3n) is 5.72. The first-order valence-electron chi connectivity index (χ1n) is 11.1. The summed E-state index contributed by atoms with van der Waals surface area (Å²) in [5.74, 6) is 0.589. The van der Waals surface area contributed by atoms with Crippen molar-refractivity contribution in [1.82, 2.24) is 15.2 Å². The molecule has 0 spiro atoms. The molecule has 1 aliphatic heterocycles. The number of halogens is 1. The van der Waals surface area contributed by atoms with Gasteiger partial charge < -0.3 is 14.8 Å². The fraction of sp³-hybridized carbons (Fsp3) is 0.360. The number of ether oxygens (including phenoxy) is 2. The maximum atomic E-state index is 12.6. The average Bonchev–Trinajstić information content (AvgIpc) is 3.34. The molecule has 1 N–H and O–H groups in total. The molecular weight excluding hydrogens is 458 g/mol. The van der Waals surface area contributed by atoms with Crippen LogP contribution in [0.5, 0.6) is 5.75 Å². The Bertz CT molecular complexity index is 1070. The molecule has 0 bridgehead atoms. The number of carbonyl (C=O) groups is 1. The lowest BCUT2D eigenvalue weighted by Gasteiger charge is -2.31. The Hall–Kier alpha value is -2.45. The maximum absolute atomic E-state index is 12.6. The number of hydrogen-bond donors (Lipinski definition) is 1. The van der Waals surface area contributed by atoms with E-state index in [0.717, 1.165) is 54.5 Å².